The molecule has 0 bridgehead atoms. The fourth-order valence-electron chi connectivity index (χ4n) is 3.12. The van der Waals surface area contributed by atoms with Crippen molar-refractivity contribution in [2.75, 3.05) is 7.11 Å². The van der Waals surface area contributed by atoms with Gasteiger partial charge in [0.15, 0.2) is 5.84 Å². The van der Waals surface area contributed by atoms with E-state index in [1.54, 1.807) is 19.5 Å². The van der Waals surface area contributed by atoms with Crippen LogP contribution in [0.25, 0.3) is 0 Å². The standard InChI is InChI=1S/C23H22N4O/c1-15(2)16-6-8-17(9-7-16)23-25-21-11-10-19(28-3)13-20(21)22(26-27-23)18-5-4-12-24-14-18/h4-15H,1-3H3,(H,25,27). The van der Waals surface area contributed by atoms with E-state index in [0.29, 0.717) is 11.8 Å². The van der Waals surface area contributed by atoms with E-state index in [-0.39, 0.29) is 0 Å². The van der Waals surface area contributed by atoms with Crippen LogP contribution in [-0.2, 0) is 0 Å². The summed E-state index contributed by atoms with van der Waals surface area (Å²) in [6, 6.07) is 18.1. The molecule has 0 amide bonds. The summed E-state index contributed by atoms with van der Waals surface area (Å²) in [6.07, 6.45) is 3.55. The molecule has 2 aromatic carbocycles. The second kappa shape index (κ2) is 7.64. The van der Waals surface area contributed by atoms with Crippen molar-refractivity contribution in [3.05, 3.63) is 89.2 Å². The number of benzene rings is 2. The fourth-order valence-corrected chi connectivity index (χ4v) is 3.12. The molecular formula is C23H22N4O. The van der Waals surface area contributed by atoms with E-state index in [9.17, 15) is 0 Å². The Morgan fingerprint density at radius 3 is 2.46 bits per heavy atom. The van der Waals surface area contributed by atoms with Crippen molar-refractivity contribution in [3.63, 3.8) is 0 Å². The SMILES string of the molecule is COc1ccc2c(c1)C(c1cccnc1)=NNC(c1ccc(C(C)C)cc1)=N2. The number of hydrazone groups is 1. The Hall–Kier alpha value is -3.47. The molecule has 2 heterocycles. The predicted molar refractivity (Wildman–Crippen MR) is 113 cm³/mol. The number of nitrogens with zero attached hydrogens (tertiary/aromatic N) is 3. The number of amidine groups is 1. The highest BCUT2D eigenvalue weighted by molar-refractivity contribution is 6.18. The average molecular weight is 370 g/mol. The molecule has 0 atom stereocenters. The van der Waals surface area contributed by atoms with Crippen LogP contribution in [0.1, 0.15) is 42.0 Å². The number of methoxy groups -OCH3 is 1. The Bertz CT molecular complexity index is 1040. The first-order valence-corrected chi connectivity index (χ1v) is 9.27. The molecule has 5 heteroatoms. The van der Waals surface area contributed by atoms with E-state index in [4.69, 9.17) is 9.73 Å². The second-order valence-electron chi connectivity index (χ2n) is 6.93. The van der Waals surface area contributed by atoms with E-state index in [1.807, 2.05) is 30.3 Å². The van der Waals surface area contributed by atoms with Crippen LogP contribution >= 0.6 is 0 Å². The number of nitrogens with one attached hydrogen (secondary N) is 1. The largest absolute Gasteiger partial charge is 0.497 e. The number of fused-ring (bicyclic) bond motifs is 1. The van der Waals surface area contributed by atoms with Crippen molar-refractivity contribution in [2.45, 2.75) is 19.8 Å². The van der Waals surface area contributed by atoms with Gasteiger partial charge in [0.2, 0.25) is 0 Å². The van der Waals surface area contributed by atoms with Crippen molar-refractivity contribution < 1.29 is 4.74 Å². The van der Waals surface area contributed by atoms with Gasteiger partial charge in [-0.25, -0.2) is 4.99 Å². The molecule has 1 aromatic heterocycles. The maximum absolute atomic E-state index is 5.41. The van der Waals surface area contributed by atoms with Crippen molar-refractivity contribution in [3.8, 4) is 5.75 Å². The Morgan fingerprint density at radius 1 is 0.964 bits per heavy atom. The maximum atomic E-state index is 5.41. The van der Waals surface area contributed by atoms with Crippen molar-refractivity contribution >= 4 is 17.2 Å². The zero-order valence-electron chi connectivity index (χ0n) is 16.2. The summed E-state index contributed by atoms with van der Waals surface area (Å²) in [6.45, 7) is 4.37. The zero-order valence-corrected chi connectivity index (χ0v) is 16.2. The summed E-state index contributed by atoms with van der Waals surface area (Å²) < 4.78 is 5.41. The molecule has 0 unspecified atom stereocenters. The molecule has 1 aliphatic rings. The molecule has 1 N–H and O–H groups in total. The Kier molecular flexibility index (Phi) is 4.89. The number of hydrogen-bond donors (Lipinski definition) is 1. The number of hydrogen-bond acceptors (Lipinski definition) is 5. The minimum Gasteiger partial charge on any atom is -0.497 e. The van der Waals surface area contributed by atoms with Crippen molar-refractivity contribution in [1.82, 2.24) is 10.4 Å². The predicted octanol–water partition coefficient (Wildman–Crippen LogP) is 4.65. The molecule has 0 spiro atoms. The third-order valence-electron chi connectivity index (χ3n) is 4.75. The van der Waals surface area contributed by atoms with Gasteiger partial charge in [-0.15, -0.1) is 0 Å². The third kappa shape index (κ3) is 3.51. The van der Waals surface area contributed by atoms with Gasteiger partial charge in [-0.1, -0.05) is 38.1 Å². The molecule has 5 nitrogen and oxygen atoms in total. The van der Waals surface area contributed by atoms with Crippen LogP contribution in [0.3, 0.4) is 0 Å². The summed E-state index contributed by atoms with van der Waals surface area (Å²) in [5, 5.41) is 4.67. The topological polar surface area (TPSA) is 58.9 Å². The van der Waals surface area contributed by atoms with Crippen LogP contribution in [0.5, 0.6) is 5.75 Å². The lowest BCUT2D eigenvalue weighted by molar-refractivity contribution is 0.415. The quantitative estimate of drug-likeness (QED) is 0.727. The van der Waals surface area contributed by atoms with Gasteiger partial charge in [-0.3, -0.25) is 10.4 Å². The van der Waals surface area contributed by atoms with Gasteiger partial charge in [0.25, 0.3) is 0 Å². The number of pyridine rings is 1. The number of rotatable bonds is 4. The van der Waals surface area contributed by atoms with E-state index in [1.165, 1.54) is 5.56 Å². The summed E-state index contributed by atoms with van der Waals surface area (Å²) >= 11 is 0. The number of aromatic nitrogens is 1. The van der Waals surface area contributed by atoms with E-state index in [2.05, 4.69) is 53.6 Å². The van der Waals surface area contributed by atoms with Gasteiger partial charge >= 0.3 is 0 Å². The van der Waals surface area contributed by atoms with E-state index < -0.39 is 0 Å². The number of aliphatic imine (C=N–C) groups is 1. The van der Waals surface area contributed by atoms with Crippen molar-refractivity contribution in [1.29, 1.82) is 0 Å². The smallest absolute Gasteiger partial charge is 0.154 e. The van der Waals surface area contributed by atoms with Crippen LogP contribution in [0.4, 0.5) is 5.69 Å². The maximum Gasteiger partial charge on any atom is 0.154 e. The van der Waals surface area contributed by atoms with Gasteiger partial charge in [0, 0.05) is 29.1 Å². The monoisotopic (exact) mass is 370 g/mol. The lowest BCUT2D eigenvalue weighted by atomic mass is 10.0. The molecule has 140 valence electrons. The zero-order chi connectivity index (χ0) is 19.5. The molecule has 3 aromatic rings. The minimum atomic E-state index is 0.487. The highest BCUT2D eigenvalue weighted by Gasteiger charge is 2.18. The lowest BCUT2D eigenvalue weighted by Gasteiger charge is -2.09. The van der Waals surface area contributed by atoms with Gasteiger partial charge in [0.05, 0.1) is 12.8 Å². The molecule has 4 rings (SSSR count). The van der Waals surface area contributed by atoms with Gasteiger partial charge in [-0.05, 0) is 41.8 Å². The molecule has 0 aliphatic carbocycles. The number of ether oxygens (including phenoxy) is 1. The first kappa shape index (κ1) is 17.9. The Balaban J connectivity index is 1.81. The summed E-state index contributed by atoms with van der Waals surface area (Å²) in [7, 11) is 1.66. The minimum absolute atomic E-state index is 0.487. The normalized spacial score (nSPS) is 13.1. The highest BCUT2D eigenvalue weighted by Crippen LogP contribution is 2.29. The molecule has 0 saturated heterocycles. The van der Waals surface area contributed by atoms with Gasteiger partial charge in [0.1, 0.15) is 11.5 Å². The summed E-state index contributed by atoms with van der Waals surface area (Å²) in [4.78, 5) is 9.08. The highest BCUT2D eigenvalue weighted by atomic mass is 16.5. The molecule has 0 saturated carbocycles. The van der Waals surface area contributed by atoms with Gasteiger partial charge < -0.3 is 4.74 Å². The first-order chi connectivity index (χ1) is 13.7. The van der Waals surface area contributed by atoms with E-state index in [0.717, 1.165) is 33.8 Å². The summed E-state index contributed by atoms with van der Waals surface area (Å²) in [5.74, 6) is 1.96. The van der Waals surface area contributed by atoms with Crippen molar-refractivity contribution in [2.24, 2.45) is 10.1 Å². The average Bonchev–Trinajstić information content (AvgIpc) is 2.93. The van der Waals surface area contributed by atoms with Crippen LogP contribution < -0.4 is 10.2 Å². The van der Waals surface area contributed by atoms with Crippen LogP contribution in [-0.4, -0.2) is 23.6 Å². The molecule has 28 heavy (non-hydrogen) atoms. The van der Waals surface area contributed by atoms with Gasteiger partial charge in [-0.2, -0.15) is 5.10 Å². The van der Waals surface area contributed by atoms with Crippen LogP contribution in [0.2, 0.25) is 0 Å². The third-order valence-corrected chi connectivity index (χ3v) is 4.75. The molecule has 1 aliphatic heterocycles. The Labute approximate surface area is 164 Å². The molecular weight excluding hydrogens is 348 g/mol. The lowest BCUT2D eigenvalue weighted by Crippen LogP contribution is -2.19. The van der Waals surface area contributed by atoms with Crippen LogP contribution in [0, 0.1) is 0 Å². The fraction of sp³-hybridized carbons (Fsp3) is 0.174. The second-order valence-corrected chi connectivity index (χ2v) is 6.93. The van der Waals surface area contributed by atoms with E-state index >= 15 is 0 Å². The van der Waals surface area contributed by atoms with Crippen LogP contribution in [0.15, 0.2) is 77.1 Å². The summed E-state index contributed by atoms with van der Waals surface area (Å²) in [5.41, 5.74) is 8.85. The molecule has 0 fully saturated rings. The first-order valence-electron chi connectivity index (χ1n) is 9.27. The molecule has 0 radical (unpaired) electrons. The Morgan fingerprint density at radius 2 is 1.79 bits per heavy atom.